The first-order chi connectivity index (χ1) is 9.28. The van der Waals surface area contributed by atoms with Crippen LogP contribution in [0.25, 0.3) is 0 Å². The molecule has 2 heterocycles. The van der Waals surface area contributed by atoms with Crippen LogP contribution in [0.15, 0.2) is 18.2 Å². The standard InChI is InChI=1S/C15H22BNO3/c1-10-9-17-12-7-6-11(8-13(12)18-10)16-19-14(2,3)15(4,5)20-16/h6-8,10,17H,9H2,1-5H3. The molecule has 0 radical (unpaired) electrons. The average molecular weight is 275 g/mol. The molecule has 2 aliphatic rings. The molecule has 2 aliphatic heterocycles. The fourth-order valence-corrected chi connectivity index (χ4v) is 2.42. The monoisotopic (exact) mass is 275 g/mol. The highest BCUT2D eigenvalue weighted by atomic mass is 16.7. The summed E-state index contributed by atoms with van der Waals surface area (Å²) in [5, 5.41) is 3.36. The fourth-order valence-electron chi connectivity index (χ4n) is 2.42. The van der Waals surface area contributed by atoms with E-state index in [1.165, 1.54) is 0 Å². The zero-order valence-corrected chi connectivity index (χ0v) is 12.8. The molecule has 5 heteroatoms. The van der Waals surface area contributed by atoms with Crippen molar-refractivity contribution in [1.29, 1.82) is 0 Å². The first-order valence-electron chi connectivity index (χ1n) is 7.19. The first-order valence-corrected chi connectivity index (χ1v) is 7.19. The van der Waals surface area contributed by atoms with Crippen LogP contribution < -0.4 is 15.5 Å². The maximum absolute atomic E-state index is 6.07. The minimum absolute atomic E-state index is 0.177. The Morgan fingerprint density at radius 1 is 1.15 bits per heavy atom. The van der Waals surface area contributed by atoms with Crippen LogP contribution in [0, 0.1) is 0 Å². The van der Waals surface area contributed by atoms with Gasteiger partial charge in [-0.05, 0) is 52.2 Å². The van der Waals surface area contributed by atoms with Gasteiger partial charge in [0, 0.05) is 0 Å². The van der Waals surface area contributed by atoms with E-state index in [1.54, 1.807) is 0 Å². The molecular weight excluding hydrogens is 253 g/mol. The fraction of sp³-hybridized carbons (Fsp3) is 0.600. The van der Waals surface area contributed by atoms with E-state index < -0.39 is 0 Å². The van der Waals surface area contributed by atoms with Gasteiger partial charge in [-0.15, -0.1) is 0 Å². The molecular formula is C15H22BNO3. The van der Waals surface area contributed by atoms with Crippen molar-refractivity contribution in [2.75, 3.05) is 11.9 Å². The normalized spacial score (nSPS) is 26.6. The van der Waals surface area contributed by atoms with Crippen molar-refractivity contribution < 1.29 is 14.0 Å². The van der Waals surface area contributed by atoms with Gasteiger partial charge in [-0.2, -0.15) is 0 Å². The molecule has 0 saturated carbocycles. The summed E-state index contributed by atoms with van der Waals surface area (Å²) in [4.78, 5) is 0. The molecule has 1 N–H and O–H groups in total. The summed E-state index contributed by atoms with van der Waals surface area (Å²) in [6, 6.07) is 6.08. The lowest BCUT2D eigenvalue weighted by atomic mass is 9.79. The van der Waals surface area contributed by atoms with E-state index in [-0.39, 0.29) is 24.4 Å². The quantitative estimate of drug-likeness (QED) is 0.797. The molecule has 20 heavy (non-hydrogen) atoms. The Hall–Kier alpha value is -1.20. The van der Waals surface area contributed by atoms with Crippen molar-refractivity contribution in [3.8, 4) is 5.75 Å². The van der Waals surface area contributed by atoms with Gasteiger partial charge in [0.15, 0.2) is 0 Å². The SMILES string of the molecule is CC1CNc2ccc(B3OC(C)(C)C(C)(C)O3)cc2O1. The second-order valence-electron chi connectivity index (χ2n) is 6.65. The van der Waals surface area contributed by atoms with Crippen LogP contribution in [0.1, 0.15) is 34.6 Å². The number of ether oxygens (including phenoxy) is 1. The van der Waals surface area contributed by atoms with Crippen molar-refractivity contribution >= 4 is 18.3 Å². The maximum Gasteiger partial charge on any atom is 0.494 e. The van der Waals surface area contributed by atoms with Crippen molar-refractivity contribution in [3.05, 3.63) is 18.2 Å². The number of anilines is 1. The summed E-state index contributed by atoms with van der Waals surface area (Å²) >= 11 is 0. The molecule has 0 amide bonds. The minimum Gasteiger partial charge on any atom is -0.487 e. The van der Waals surface area contributed by atoms with E-state index in [0.29, 0.717) is 0 Å². The molecule has 0 aromatic heterocycles. The Kier molecular flexibility index (Phi) is 3.03. The molecule has 4 nitrogen and oxygen atoms in total. The third-order valence-corrected chi connectivity index (χ3v) is 4.44. The Labute approximate surface area is 120 Å². The van der Waals surface area contributed by atoms with Gasteiger partial charge >= 0.3 is 7.12 Å². The van der Waals surface area contributed by atoms with E-state index in [1.807, 2.05) is 18.2 Å². The summed E-state index contributed by atoms with van der Waals surface area (Å²) < 4.78 is 18.0. The second kappa shape index (κ2) is 4.40. The number of fused-ring (bicyclic) bond motifs is 1. The molecule has 1 atom stereocenters. The largest absolute Gasteiger partial charge is 0.494 e. The van der Waals surface area contributed by atoms with Crippen LogP contribution in [-0.2, 0) is 9.31 Å². The Bertz CT molecular complexity index is 514. The summed E-state index contributed by atoms with van der Waals surface area (Å²) in [6.07, 6.45) is 0.177. The van der Waals surface area contributed by atoms with Crippen molar-refractivity contribution in [3.63, 3.8) is 0 Å². The summed E-state index contributed by atoms with van der Waals surface area (Å²) in [5.41, 5.74) is 1.39. The van der Waals surface area contributed by atoms with Crippen molar-refractivity contribution in [1.82, 2.24) is 0 Å². The molecule has 1 saturated heterocycles. The van der Waals surface area contributed by atoms with Gasteiger partial charge in [0.2, 0.25) is 0 Å². The molecule has 3 rings (SSSR count). The molecule has 1 aromatic rings. The van der Waals surface area contributed by atoms with Crippen molar-refractivity contribution in [2.24, 2.45) is 0 Å². The van der Waals surface area contributed by atoms with Crippen LogP contribution >= 0.6 is 0 Å². The van der Waals surface area contributed by atoms with Gasteiger partial charge in [-0.25, -0.2) is 0 Å². The Balaban J connectivity index is 1.88. The van der Waals surface area contributed by atoms with E-state index >= 15 is 0 Å². The highest BCUT2D eigenvalue weighted by Crippen LogP contribution is 2.37. The number of hydrogen-bond acceptors (Lipinski definition) is 4. The van der Waals surface area contributed by atoms with Crippen molar-refractivity contribution in [2.45, 2.75) is 51.9 Å². The van der Waals surface area contributed by atoms with Gasteiger partial charge < -0.3 is 19.4 Å². The van der Waals surface area contributed by atoms with E-state index in [0.717, 1.165) is 23.4 Å². The zero-order valence-electron chi connectivity index (χ0n) is 12.8. The van der Waals surface area contributed by atoms with E-state index in [4.69, 9.17) is 14.0 Å². The smallest absolute Gasteiger partial charge is 0.487 e. The number of rotatable bonds is 1. The molecule has 0 aliphatic carbocycles. The van der Waals surface area contributed by atoms with Gasteiger partial charge in [0.1, 0.15) is 11.9 Å². The minimum atomic E-state index is -0.342. The topological polar surface area (TPSA) is 39.7 Å². The lowest BCUT2D eigenvalue weighted by Crippen LogP contribution is -2.41. The molecule has 108 valence electrons. The molecule has 1 aromatic carbocycles. The molecule has 1 fully saturated rings. The van der Waals surface area contributed by atoms with Crippen LogP contribution in [0.3, 0.4) is 0 Å². The lowest BCUT2D eigenvalue weighted by Gasteiger charge is -2.32. The van der Waals surface area contributed by atoms with E-state index in [2.05, 4.69) is 39.9 Å². The second-order valence-corrected chi connectivity index (χ2v) is 6.65. The Morgan fingerprint density at radius 3 is 2.45 bits per heavy atom. The Morgan fingerprint density at radius 2 is 1.80 bits per heavy atom. The number of hydrogen-bond donors (Lipinski definition) is 1. The summed E-state index contributed by atoms with van der Waals surface area (Å²) in [7, 11) is -0.342. The summed E-state index contributed by atoms with van der Waals surface area (Å²) in [6.45, 7) is 11.1. The predicted molar refractivity (Wildman–Crippen MR) is 80.7 cm³/mol. The predicted octanol–water partition coefficient (Wildman–Crippen LogP) is 2.18. The molecule has 1 unspecified atom stereocenters. The van der Waals surface area contributed by atoms with Gasteiger partial charge in [0.05, 0.1) is 23.4 Å². The number of benzene rings is 1. The maximum atomic E-state index is 6.07. The van der Waals surface area contributed by atoms with Crippen LogP contribution in [0.4, 0.5) is 5.69 Å². The van der Waals surface area contributed by atoms with Gasteiger partial charge in [-0.1, -0.05) is 6.07 Å². The van der Waals surface area contributed by atoms with Crippen LogP contribution in [0.2, 0.25) is 0 Å². The first kappa shape index (κ1) is 13.8. The zero-order chi connectivity index (χ0) is 14.5. The highest BCUT2D eigenvalue weighted by molar-refractivity contribution is 6.62. The summed E-state index contributed by atoms with van der Waals surface area (Å²) in [5.74, 6) is 0.871. The van der Waals surface area contributed by atoms with Crippen LogP contribution in [-0.4, -0.2) is 31.0 Å². The third-order valence-electron chi connectivity index (χ3n) is 4.44. The average Bonchev–Trinajstić information content (AvgIpc) is 2.57. The molecule has 0 bridgehead atoms. The van der Waals surface area contributed by atoms with Crippen LogP contribution in [0.5, 0.6) is 5.75 Å². The highest BCUT2D eigenvalue weighted by Gasteiger charge is 2.51. The van der Waals surface area contributed by atoms with Gasteiger partial charge in [-0.3, -0.25) is 0 Å². The third kappa shape index (κ3) is 2.19. The van der Waals surface area contributed by atoms with Gasteiger partial charge in [0.25, 0.3) is 0 Å². The lowest BCUT2D eigenvalue weighted by molar-refractivity contribution is 0.00578. The number of nitrogens with one attached hydrogen (secondary N) is 1. The van der Waals surface area contributed by atoms with E-state index in [9.17, 15) is 0 Å². The molecule has 0 spiro atoms.